The molecule has 1 unspecified atom stereocenters. The summed E-state index contributed by atoms with van der Waals surface area (Å²) in [6.07, 6.45) is 6.54. The number of halogens is 1. The van der Waals surface area contributed by atoms with E-state index >= 15 is 0 Å². The van der Waals surface area contributed by atoms with Gasteiger partial charge in [-0.25, -0.2) is 14.2 Å². The van der Waals surface area contributed by atoms with E-state index in [4.69, 9.17) is 14.0 Å². The van der Waals surface area contributed by atoms with E-state index in [9.17, 15) is 24.2 Å². The van der Waals surface area contributed by atoms with Crippen LogP contribution < -0.4 is 15.7 Å². The van der Waals surface area contributed by atoms with Crippen molar-refractivity contribution in [2.45, 2.75) is 133 Å². The van der Waals surface area contributed by atoms with Crippen LogP contribution in [0.2, 0.25) is 0 Å². The summed E-state index contributed by atoms with van der Waals surface area (Å²) >= 11 is 0. The number of aliphatic hydroxyl groups excluding tert-OH is 2. The highest BCUT2D eigenvalue weighted by molar-refractivity contribution is 6.62. The molecular formula is C44H73BFN5O7. The number of likely N-dealkylation sites (N-methyl/N-ethyl adjacent to an activating group) is 1. The minimum Gasteiger partial charge on any atom is -0.444 e. The van der Waals surface area contributed by atoms with Gasteiger partial charge in [-0.1, -0.05) is 47.8 Å². The van der Waals surface area contributed by atoms with Crippen molar-refractivity contribution in [1.82, 2.24) is 14.8 Å². The van der Waals surface area contributed by atoms with Crippen LogP contribution in [0.5, 0.6) is 0 Å². The first-order valence-electron chi connectivity index (χ1n) is 19.9. The van der Waals surface area contributed by atoms with Crippen LogP contribution >= 0.6 is 0 Å². The van der Waals surface area contributed by atoms with Crippen LogP contribution in [-0.4, -0.2) is 101 Å². The number of allylic oxidation sites excluding steroid dienone is 3. The fourth-order valence-corrected chi connectivity index (χ4v) is 5.41. The largest absolute Gasteiger partial charge is 0.495 e. The van der Waals surface area contributed by atoms with Crippen LogP contribution in [0.3, 0.4) is 0 Å². The van der Waals surface area contributed by atoms with Crippen molar-refractivity contribution in [2.24, 2.45) is 0 Å². The number of rotatable bonds is 13. The third kappa shape index (κ3) is 15.8. The molecule has 0 radical (unpaired) electrons. The van der Waals surface area contributed by atoms with Crippen molar-refractivity contribution in [2.75, 3.05) is 43.5 Å². The number of carbonyl (C=O) groups is 2. The molecule has 2 aliphatic heterocycles. The average molecular weight is 814 g/mol. The highest BCUT2D eigenvalue weighted by Crippen LogP contribution is 2.37. The normalized spacial score (nSPS) is 15.5. The van der Waals surface area contributed by atoms with E-state index in [0.717, 1.165) is 18.5 Å². The fraction of sp³-hybridized carbons (Fsp3) is 0.568. The van der Waals surface area contributed by atoms with Gasteiger partial charge < -0.3 is 44.3 Å². The third-order valence-corrected chi connectivity index (χ3v) is 9.11. The van der Waals surface area contributed by atoms with Crippen LogP contribution in [0.25, 0.3) is 0 Å². The van der Waals surface area contributed by atoms with E-state index in [1.165, 1.54) is 17.1 Å². The topological polar surface area (TPSA) is 137 Å². The lowest BCUT2D eigenvalue weighted by molar-refractivity contribution is 0.00578. The van der Waals surface area contributed by atoms with Crippen molar-refractivity contribution in [3.8, 4) is 0 Å². The molecule has 1 fully saturated rings. The number of hydrogen-bond acceptors (Lipinski definition) is 11. The number of aromatic nitrogens is 1. The standard InChI is InChI=1S/C31H47BN4O7.C8H10FN.2C2H6.CH4/c1-21(39)14-15-36(16-17-37)22-10-13-27(33-18-22)34-26-12-11-25(32-42-30(5,6)31(7,8)43-32)23(24(26)20-38)19-35(9)28(40)41-29(2,3)4;1-3-10-5-4-8(9)6-7(10)2;2*1-2;/h10-13,18,20-21,37,39H,14-17,19H2,1-9H3,(H,33,34);4-6H,2-3H2,1H3;2*1-2H3;1H4. The predicted octanol–water partition coefficient (Wildman–Crippen LogP) is 8.76. The molecule has 2 aromatic rings. The molecule has 0 bridgehead atoms. The third-order valence-electron chi connectivity index (χ3n) is 9.11. The number of pyridine rings is 1. The summed E-state index contributed by atoms with van der Waals surface area (Å²) in [5, 5.41) is 22.4. The van der Waals surface area contributed by atoms with E-state index in [0.29, 0.717) is 53.3 Å². The number of nitrogens with one attached hydrogen (secondary N) is 1. The van der Waals surface area contributed by atoms with E-state index in [1.54, 1.807) is 59.3 Å². The molecular weight excluding hydrogens is 740 g/mol. The van der Waals surface area contributed by atoms with Gasteiger partial charge in [0.1, 0.15) is 17.2 Å². The minimum atomic E-state index is -0.753. The molecule has 58 heavy (non-hydrogen) atoms. The Labute approximate surface area is 349 Å². The van der Waals surface area contributed by atoms with Crippen molar-refractivity contribution in [3.63, 3.8) is 0 Å². The number of nitrogens with zero attached hydrogens (tertiary/aromatic N) is 4. The Hall–Kier alpha value is -4.24. The van der Waals surface area contributed by atoms with Gasteiger partial charge in [0.05, 0.1) is 41.5 Å². The summed E-state index contributed by atoms with van der Waals surface area (Å²) in [7, 11) is 0.864. The molecule has 14 heteroatoms. The number of carbonyl (C=O) groups excluding carboxylic acids is 2. The first-order valence-corrected chi connectivity index (χ1v) is 19.9. The van der Waals surface area contributed by atoms with Gasteiger partial charge in [0, 0.05) is 50.7 Å². The lowest BCUT2D eigenvalue weighted by atomic mass is 9.74. The predicted molar refractivity (Wildman–Crippen MR) is 238 cm³/mol. The number of hydrogen-bond donors (Lipinski definition) is 3. The van der Waals surface area contributed by atoms with Gasteiger partial charge >= 0.3 is 13.2 Å². The zero-order valence-corrected chi connectivity index (χ0v) is 36.9. The van der Waals surface area contributed by atoms with E-state index in [1.807, 2.05) is 84.2 Å². The molecule has 3 heterocycles. The molecule has 0 saturated carbocycles. The van der Waals surface area contributed by atoms with Gasteiger partial charge in [-0.15, -0.1) is 0 Å². The Kier molecular flexibility index (Phi) is 22.8. The summed E-state index contributed by atoms with van der Waals surface area (Å²) in [5.41, 5.74) is 1.67. The van der Waals surface area contributed by atoms with Gasteiger partial charge in [-0.2, -0.15) is 0 Å². The summed E-state index contributed by atoms with van der Waals surface area (Å²) in [6.45, 7) is 30.5. The van der Waals surface area contributed by atoms with E-state index in [-0.39, 0.29) is 26.4 Å². The van der Waals surface area contributed by atoms with Gasteiger partial charge in [0.25, 0.3) is 0 Å². The van der Waals surface area contributed by atoms with Crippen LogP contribution in [-0.2, 0) is 20.6 Å². The number of aliphatic hydroxyl groups is 2. The number of amides is 1. The molecule has 326 valence electrons. The average Bonchev–Trinajstić information content (AvgIpc) is 3.37. The SMILES string of the molecule is C.C=C1C=C(F)C=CN1CC.CC.CC.CC(O)CCN(CCO)c1ccc(Nc2ccc(B3OC(C)(C)C(C)(C)O3)c(CN(C)C(=O)OC(C)(C)C)c2C=O)nc1. The molecule has 1 aromatic heterocycles. The molecule has 12 nitrogen and oxygen atoms in total. The highest BCUT2D eigenvalue weighted by atomic mass is 19.1. The van der Waals surface area contributed by atoms with Crippen LogP contribution in [0.15, 0.2) is 66.9 Å². The van der Waals surface area contributed by atoms with Crippen LogP contribution in [0.4, 0.5) is 26.4 Å². The number of ether oxygens (including phenoxy) is 1. The second-order valence-electron chi connectivity index (χ2n) is 15.1. The Morgan fingerprint density at radius 2 is 1.71 bits per heavy atom. The molecule has 1 atom stereocenters. The molecule has 0 aliphatic carbocycles. The summed E-state index contributed by atoms with van der Waals surface area (Å²) < 4.78 is 30.6. The lowest BCUT2D eigenvalue weighted by Crippen LogP contribution is -2.41. The first-order chi connectivity index (χ1) is 26.7. The van der Waals surface area contributed by atoms with E-state index < -0.39 is 36.1 Å². The first kappa shape index (κ1) is 53.8. The maximum Gasteiger partial charge on any atom is 0.495 e. The molecule has 0 spiro atoms. The zero-order chi connectivity index (χ0) is 43.7. The van der Waals surface area contributed by atoms with Crippen molar-refractivity contribution in [1.29, 1.82) is 0 Å². The van der Waals surface area contributed by atoms with E-state index in [2.05, 4.69) is 16.9 Å². The zero-order valence-electron chi connectivity index (χ0n) is 36.9. The van der Waals surface area contributed by atoms with Gasteiger partial charge in [0.2, 0.25) is 0 Å². The Balaban J connectivity index is 0.00000185. The number of benzene rings is 1. The van der Waals surface area contributed by atoms with Gasteiger partial charge in [0.15, 0.2) is 6.29 Å². The second kappa shape index (κ2) is 24.6. The second-order valence-corrected chi connectivity index (χ2v) is 15.1. The van der Waals surface area contributed by atoms with Crippen LogP contribution in [0.1, 0.15) is 120 Å². The van der Waals surface area contributed by atoms with Crippen LogP contribution in [0, 0.1) is 0 Å². The molecule has 1 saturated heterocycles. The Morgan fingerprint density at radius 3 is 2.17 bits per heavy atom. The van der Waals surface area contributed by atoms with Crippen molar-refractivity contribution in [3.05, 3.63) is 78.0 Å². The maximum absolute atomic E-state index is 12.9. The molecule has 3 N–H and O–H groups in total. The smallest absolute Gasteiger partial charge is 0.444 e. The van der Waals surface area contributed by atoms with Gasteiger partial charge in [-0.05, 0) is 110 Å². The molecule has 2 aliphatic rings. The summed E-state index contributed by atoms with van der Waals surface area (Å²) in [4.78, 5) is 35.3. The Morgan fingerprint density at radius 1 is 1.10 bits per heavy atom. The maximum atomic E-state index is 12.9. The molecule has 1 amide bonds. The Bertz CT molecular complexity index is 1630. The van der Waals surface area contributed by atoms with Crippen molar-refractivity contribution < 1.29 is 38.2 Å². The molecule has 4 rings (SSSR count). The highest BCUT2D eigenvalue weighted by Gasteiger charge is 2.52. The number of anilines is 3. The number of aldehydes is 1. The quantitative estimate of drug-likeness (QED) is 0.132. The summed E-state index contributed by atoms with van der Waals surface area (Å²) in [6, 6.07) is 7.26. The fourth-order valence-electron chi connectivity index (χ4n) is 5.41. The lowest BCUT2D eigenvalue weighted by Gasteiger charge is -2.32. The summed E-state index contributed by atoms with van der Waals surface area (Å²) in [5.74, 6) is 0.274. The minimum absolute atomic E-state index is 0. The van der Waals surface area contributed by atoms with Gasteiger partial charge in [-0.3, -0.25) is 4.79 Å². The molecule has 1 aromatic carbocycles. The van der Waals surface area contributed by atoms with Crippen molar-refractivity contribution >= 4 is 42.2 Å². The monoisotopic (exact) mass is 814 g/mol.